The number of nitrogens with zero attached hydrogens (tertiary/aromatic N) is 2. The highest BCUT2D eigenvalue weighted by Gasteiger charge is 2.30. The van der Waals surface area contributed by atoms with E-state index in [1.54, 1.807) is 6.20 Å². The summed E-state index contributed by atoms with van der Waals surface area (Å²) in [7, 11) is 0. The van der Waals surface area contributed by atoms with E-state index in [4.69, 9.17) is 17.2 Å². The molecule has 42 heavy (non-hydrogen) atoms. The SMILES string of the molecule is NC(N)=NCCCC(NC(=O)C(CO)NC(=O)C(N)Cc1c[nH]c2ccccc12)C(=O)NC(Cc1cnc[nH]1)C(=O)O. The summed E-state index contributed by atoms with van der Waals surface area (Å²) in [5.41, 5.74) is 18.9. The van der Waals surface area contributed by atoms with Crippen LogP contribution in [-0.2, 0) is 32.0 Å². The van der Waals surface area contributed by atoms with E-state index in [1.807, 2.05) is 24.3 Å². The fourth-order valence-corrected chi connectivity index (χ4v) is 4.24. The Kier molecular flexibility index (Phi) is 11.4. The minimum absolute atomic E-state index is 0.0247. The quantitative estimate of drug-likeness (QED) is 0.0483. The van der Waals surface area contributed by atoms with Crippen LogP contribution in [0.1, 0.15) is 24.1 Å². The summed E-state index contributed by atoms with van der Waals surface area (Å²) in [6.45, 7) is -0.640. The predicted octanol–water partition coefficient (Wildman–Crippen LogP) is -2.41. The first-order chi connectivity index (χ1) is 20.1. The van der Waals surface area contributed by atoms with E-state index in [0.717, 1.165) is 16.5 Å². The Hall–Kier alpha value is -4.96. The number of fused-ring (bicyclic) bond motifs is 1. The molecule has 3 aromatic rings. The number of carbonyl (C=O) groups excluding carboxylic acids is 3. The number of carboxylic acid groups (broad SMARTS) is 1. The second-order valence-electron chi connectivity index (χ2n) is 9.60. The number of aliphatic imine (C=N–C) groups is 1. The van der Waals surface area contributed by atoms with Crippen molar-refractivity contribution in [1.29, 1.82) is 0 Å². The number of imidazole rings is 1. The molecule has 0 aliphatic rings. The number of aliphatic hydroxyl groups excluding tert-OH is 1. The normalized spacial score (nSPS) is 13.9. The predicted molar refractivity (Wildman–Crippen MR) is 153 cm³/mol. The molecular weight excluding hydrogens is 548 g/mol. The monoisotopic (exact) mass is 584 g/mol. The summed E-state index contributed by atoms with van der Waals surface area (Å²) < 4.78 is 0. The molecule has 0 spiro atoms. The lowest BCUT2D eigenvalue weighted by atomic mass is 10.0. The zero-order valence-electron chi connectivity index (χ0n) is 22.7. The molecule has 2 heterocycles. The number of rotatable bonds is 16. The Bertz CT molecular complexity index is 1390. The molecule has 4 atom stereocenters. The number of nitrogens with one attached hydrogen (secondary N) is 5. The first kappa shape index (κ1) is 31.6. The zero-order chi connectivity index (χ0) is 30.6. The van der Waals surface area contributed by atoms with Gasteiger partial charge in [0.25, 0.3) is 0 Å². The number of amides is 3. The van der Waals surface area contributed by atoms with Crippen LogP contribution in [-0.4, -0.2) is 92.1 Å². The van der Waals surface area contributed by atoms with Crippen molar-refractivity contribution in [3.63, 3.8) is 0 Å². The van der Waals surface area contributed by atoms with E-state index >= 15 is 0 Å². The number of para-hydroxylation sites is 1. The van der Waals surface area contributed by atoms with Crippen molar-refractivity contribution in [2.45, 2.75) is 49.9 Å². The first-order valence-corrected chi connectivity index (χ1v) is 13.2. The number of hydrogen-bond donors (Lipinski definition) is 10. The van der Waals surface area contributed by atoms with Gasteiger partial charge in [-0.15, -0.1) is 0 Å². The molecule has 16 nitrogen and oxygen atoms in total. The second kappa shape index (κ2) is 15.2. The molecule has 1 aromatic carbocycles. The van der Waals surface area contributed by atoms with Gasteiger partial charge in [-0.05, 0) is 30.9 Å². The van der Waals surface area contributed by atoms with Crippen LogP contribution in [0.4, 0.5) is 0 Å². The molecule has 0 saturated heterocycles. The summed E-state index contributed by atoms with van der Waals surface area (Å²) >= 11 is 0. The number of carboxylic acids is 1. The van der Waals surface area contributed by atoms with Crippen molar-refractivity contribution in [1.82, 2.24) is 30.9 Å². The van der Waals surface area contributed by atoms with Gasteiger partial charge in [-0.3, -0.25) is 19.4 Å². The molecule has 16 heteroatoms. The van der Waals surface area contributed by atoms with Crippen molar-refractivity contribution in [2.24, 2.45) is 22.2 Å². The van der Waals surface area contributed by atoms with Crippen LogP contribution < -0.4 is 33.2 Å². The topological polar surface area (TPSA) is 280 Å². The number of carbonyl (C=O) groups is 4. The highest BCUT2D eigenvalue weighted by Crippen LogP contribution is 2.18. The summed E-state index contributed by atoms with van der Waals surface area (Å²) in [6, 6.07) is 2.47. The molecule has 13 N–H and O–H groups in total. The second-order valence-corrected chi connectivity index (χ2v) is 9.60. The minimum Gasteiger partial charge on any atom is -0.480 e. The smallest absolute Gasteiger partial charge is 0.326 e. The molecule has 226 valence electrons. The Morgan fingerprint density at radius 1 is 0.952 bits per heavy atom. The van der Waals surface area contributed by atoms with Crippen LogP contribution in [0.2, 0.25) is 0 Å². The van der Waals surface area contributed by atoms with Gasteiger partial charge in [-0.25, -0.2) is 9.78 Å². The summed E-state index contributed by atoms with van der Waals surface area (Å²) in [5, 5.41) is 27.7. The van der Waals surface area contributed by atoms with Crippen molar-refractivity contribution in [3.8, 4) is 0 Å². The molecule has 4 unspecified atom stereocenters. The van der Waals surface area contributed by atoms with Gasteiger partial charge in [0.15, 0.2) is 5.96 Å². The van der Waals surface area contributed by atoms with E-state index in [-0.39, 0.29) is 38.2 Å². The Balaban J connectivity index is 1.65. The van der Waals surface area contributed by atoms with E-state index in [9.17, 15) is 29.4 Å². The number of nitrogens with two attached hydrogens (primary N) is 3. The van der Waals surface area contributed by atoms with E-state index < -0.39 is 54.5 Å². The number of benzene rings is 1. The van der Waals surface area contributed by atoms with Crippen LogP contribution in [0.3, 0.4) is 0 Å². The molecular formula is C26H36N10O6. The van der Waals surface area contributed by atoms with E-state index in [2.05, 4.69) is 35.9 Å². The van der Waals surface area contributed by atoms with Crippen molar-refractivity contribution >= 4 is 40.6 Å². The van der Waals surface area contributed by atoms with E-state index in [0.29, 0.717) is 5.69 Å². The molecule has 3 rings (SSSR count). The third kappa shape index (κ3) is 9.03. The summed E-state index contributed by atoms with van der Waals surface area (Å²) in [5.74, 6) is -3.80. The van der Waals surface area contributed by atoms with Crippen LogP contribution in [0, 0.1) is 0 Å². The van der Waals surface area contributed by atoms with Crippen molar-refractivity contribution in [3.05, 3.63) is 54.2 Å². The van der Waals surface area contributed by atoms with Gasteiger partial charge in [0, 0.05) is 42.0 Å². The van der Waals surface area contributed by atoms with Gasteiger partial charge in [0.2, 0.25) is 17.7 Å². The van der Waals surface area contributed by atoms with Crippen molar-refractivity contribution in [2.75, 3.05) is 13.2 Å². The number of aliphatic hydroxyl groups is 1. The average molecular weight is 585 g/mol. The lowest BCUT2D eigenvalue weighted by molar-refractivity contribution is -0.142. The zero-order valence-corrected chi connectivity index (χ0v) is 22.7. The Morgan fingerprint density at radius 3 is 2.31 bits per heavy atom. The Labute approximate surface area is 240 Å². The van der Waals surface area contributed by atoms with Crippen LogP contribution in [0.15, 0.2) is 48.0 Å². The number of aromatic nitrogens is 3. The van der Waals surface area contributed by atoms with E-state index in [1.165, 1.54) is 12.5 Å². The number of H-pyrrole nitrogens is 2. The van der Waals surface area contributed by atoms with Gasteiger partial charge in [0.1, 0.15) is 18.1 Å². The number of hydrogen-bond acceptors (Lipinski definition) is 8. The summed E-state index contributed by atoms with van der Waals surface area (Å²) in [4.78, 5) is 64.3. The molecule has 0 bridgehead atoms. The summed E-state index contributed by atoms with van der Waals surface area (Å²) in [6.07, 6.45) is 4.90. The van der Waals surface area contributed by atoms with Gasteiger partial charge in [-0.2, -0.15) is 0 Å². The number of aliphatic carboxylic acids is 1. The maximum atomic E-state index is 13.1. The first-order valence-electron chi connectivity index (χ1n) is 13.2. The van der Waals surface area contributed by atoms with Gasteiger partial charge < -0.3 is 53.3 Å². The lowest BCUT2D eigenvalue weighted by Gasteiger charge is -2.24. The van der Waals surface area contributed by atoms with Gasteiger partial charge in [-0.1, -0.05) is 18.2 Å². The van der Waals surface area contributed by atoms with Crippen molar-refractivity contribution < 1.29 is 29.4 Å². The fourth-order valence-electron chi connectivity index (χ4n) is 4.24. The maximum absolute atomic E-state index is 13.1. The molecule has 0 fully saturated rings. The highest BCUT2D eigenvalue weighted by atomic mass is 16.4. The average Bonchev–Trinajstić information content (AvgIpc) is 3.62. The molecule has 2 aromatic heterocycles. The number of aromatic amines is 2. The standard InChI is InChI=1S/C26H36N10O6/c27-17(8-14-10-32-18-5-2-1-4-16(14)18)22(38)36-21(12-37)24(40)34-19(6-3-7-31-26(28)29)23(39)35-20(25(41)42)9-15-11-30-13-33-15/h1-2,4-5,10-11,13,17,19-21,32,37H,3,6-9,12,27H2,(H,30,33)(H,34,40)(H,35,39)(H,36,38)(H,41,42)(H4,28,29,31). The van der Waals surface area contributed by atoms with Crippen LogP contribution in [0.25, 0.3) is 10.9 Å². The fraction of sp³-hybridized carbons (Fsp3) is 0.385. The third-order valence-electron chi connectivity index (χ3n) is 6.44. The third-order valence-corrected chi connectivity index (χ3v) is 6.44. The molecule has 3 amide bonds. The van der Waals surface area contributed by atoms with Crippen LogP contribution >= 0.6 is 0 Å². The maximum Gasteiger partial charge on any atom is 0.326 e. The lowest BCUT2D eigenvalue weighted by Crippen LogP contribution is -2.58. The van der Waals surface area contributed by atoms with Gasteiger partial charge >= 0.3 is 5.97 Å². The van der Waals surface area contributed by atoms with Crippen LogP contribution in [0.5, 0.6) is 0 Å². The molecule has 0 aliphatic carbocycles. The minimum atomic E-state index is -1.43. The largest absolute Gasteiger partial charge is 0.480 e. The molecule has 0 radical (unpaired) electrons. The highest BCUT2D eigenvalue weighted by molar-refractivity contribution is 5.94. The number of guanidine groups is 1. The molecule has 0 saturated carbocycles. The van der Waals surface area contributed by atoms with Gasteiger partial charge in [0.05, 0.1) is 19.0 Å². The Morgan fingerprint density at radius 2 is 1.64 bits per heavy atom. The molecule has 0 aliphatic heterocycles.